The molecule has 0 rings (SSSR count). The Hall–Kier alpha value is 0.0700. The largest absolute Gasteiger partial charge is 0.394 e. The fourth-order valence-electron chi connectivity index (χ4n) is 0. The molecule has 0 aromatic carbocycles. The highest BCUT2D eigenvalue weighted by Gasteiger charge is 1.84. The molecule has 0 aliphatic heterocycles. The molecular weight excluding hydrogens is 224 g/mol. The third kappa shape index (κ3) is 134000. The average Bonchev–Trinajstić information content (AvgIpc) is 1.12. The van der Waals surface area contributed by atoms with Gasteiger partial charge in [0.1, 0.15) is 0 Å². The summed E-state index contributed by atoms with van der Waals surface area (Å²) in [7, 11) is -8.33. The topological polar surface area (TPSA) is 129 Å². The minimum absolute atomic E-state index is 0. The van der Waals surface area contributed by atoms with Gasteiger partial charge in [-0.15, -0.1) is 12.4 Å². The zero-order valence-electron chi connectivity index (χ0n) is 5.20. The SMILES string of the molecule is CS(=O)(=O)O.Cl.O=S(=O)(O)O. The van der Waals surface area contributed by atoms with Crippen molar-refractivity contribution in [2.24, 2.45) is 0 Å². The predicted molar refractivity (Wildman–Crippen MR) is 38.9 cm³/mol. The molecule has 72 valence electrons. The first-order chi connectivity index (χ1) is 4.00. The number of halogens is 1. The number of hydrogen-bond donors (Lipinski definition) is 3. The molecule has 3 N–H and O–H groups in total. The van der Waals surface area contributed by atoms with Crippen molar-refractivity contribution in [3.05, 3.63) is 0 Å². The van der Waals surface area contributed by atoms with Crippen LogP contribution in [0.25, 0.3) is 0 Å². The smallest absolute Gasteiger partial charge is 0.286 e. The number of hydrogen-bond acceptors (Lipinski definition) is 4. The van der Waals surface area contributed by atoms with Gasteiger partial charge in [-0.25, -0.2) is 0 Å². The van der Waals surface area contributed by atoms with Crippen molar-refractivity contribution in [3.63, 3.8) is 0 Å². The minimum Gasteiger partial charge on any atom is -0.286 e. The molecule has 0 aliphatic rings. The van der Waals surface area contributed by atoms with Gasteiger partial charge in [0.05, 0.1) is 6.26 Å². The molecule has 0 saturated heterocycles. The predicted octanol–water partition coefficient (Wildman–Crippen LogP) is -0.727. The summed E-state index contributed by atoms with van der Waals surface area (Å²) < 4.78 is 57.5. The molecule has 0 aliphatic carbocycles. The second kappa shape index (κ2) is 5.69. The summed E-state index contributed by atoms with van der Waals surface area (Å²) in [4.78, 5) is 0. The van der Waals surface area contributed by atoms with Crippen LogP contribution >= 0.6 is 12.4 Å². The summed E-state index contributed by atoms with van der Waals surface area (Å²) in [6.07, 6.45) is 0.715. The van der Waals surface area contributed by atoms with E-state index in [-0.39, 0.29) is 12.4 Å². The Labute approximate surface area is 70.2 Å². The van der Waals surface area contributed by atoms with Crippen LogP contribution in [-0.4, -0.2) is 36.7 Å². The van der Waals surface area contributed by atoms with Crippen molar-refractivity contribution in [1.29, 1.82) is 0 Å². The summed E-state index contributed by atoms with van der Waals surface area (Å²) in [5, 5.41) is 0. The average molecular weight is 231 g/mol. The van der Waals surface area contributed by atoms with Crippen LogP contribution in [0.5, 0.6) is 0 Å². The molecule has 0 atom stereocenters. The highest BCUT2D eigenvalue weighted by Crippen LogP contribution is 1.60. The first-order valence-electron chi connectivity index (χ1n) is 1.62. The van der Waals surface area contributed by atoms with E-state index in [0.29, 0.717) is 6.26 Å². The normalized spacial score (nSPS) is 10.5. The minimum atomic E-state index is -4.67. The first-order valence-corrected chi connectivity index (χ1v) is 4.87. The second-order valence-electron chi connectivity index (χ2n) is 1.18. The maximum Gasteiger partial charge on any atom is 0.394 e. The van der Waals surface area contributed by atoms with Gasteiger partial charge in [-0.3, -0.25) is 13.7 Å². The van der Waals surface area contributed by atoms with Crippen LogP contribution in [0.2, 0.25) is 0 Å². The van der Waals surface area contributed by atoms with E-state index in [4.69, 9.17) is 22.1 Å². The van der Waals surface area contributed by atoms with Gasteiger partial charge in [0.25, 0.3) is 10.1 Å². The standard InChI is InChI=1S/CH4O3S.ClH.H2O4S/c1-5(2,3)4;;1-5(2,3)4/h1H3,(H,2,3,4);1H;(H2,1,2,3,4). The van der Waals surface area contributed by atoms with Crippen molar-refractivity contribution in [2.75, 3.05) is 6.26 Å². The molecule has 10 heteroatoms. The number of rotatable bonds is 0. The van der Waals surface area contributed by atoms with E-state index < -0.39 is 20.5 Å². The Morgan fingerprint density at radius 3 is 0.909 bits per heavy atom. The third-order valence-corrected chi connectivity index (χ3v) is 0. The zero-order chi connectivity index (χ0) is 9.00. The lowest BCUT2D eigenvalue weighted by atomic mass is 12.0. The fraction of sp³-hybridized carbons (Fsp3) is 1.00. The van der Waals surface area contributed by atoms with Crippen molar-refractivity contribution < 1.29 is 30.5 Å². The van der Waals surface area contributed by atoms with Crippen LogP contribution in [0.3, 0.4) is 0 Å². The Morgan fingerprint density at radius 2 is 0.909 bits per heavy atom. The maximum absolute atomic E-state index is 9.19. The highest BCUT2D eigenvalue weighted by molar-refractivity contribution is 7.85. The molecule has 0 fully saturated rings. The lowest BCUT2D eigenvalue weighted by Gasteiger charge is -1.69. The van der Waals surface area contributed by atoms with Gasteiger partial charge < -0.3 is 0 Å². The van der Waals surface area contributed by atoms with Gasteiger partial charge in [-0.1, -0.05) is 0 Å². The lowest BCUT2D eigenvalue weighted by molar-refractivity contribution is 0.381. The van der Waals surface area contributed by atoms with Crippen molar-refractivity contribution in [2.45, 2.75) is 0 Å². The summed E-state index contributed by atoms with van der Waals surface area (Å²) in [6.45, 7) is 0. The Balaban J connectivity index is -0.000000107. The van der Waals surface area contributed by atoms with Crippen LogP contribution in [0, 0.1) is 0 Å². The third-order valence-electron chi connectivity index (χ3n) is 0. The van der Waals surface area contributed by atoms with E-state index in [1.165, 1.54) is 0 Å². The molecule has 0 aromatic heterocycles. The van der Waals surface area contributed by atoms with Crippen LogP contribution in [-0.2, 0) is 20.5 Å². The van der Waals surface area contributed by atoms with E-state index in [2.05, 4.69) is 0 Å². The molecule has 0 amide bonds. The molecule has 0 saturated carbocycles. The van der Waals surface area contributed by atoms with Crippen molar-refractivity contribution in [3.8, 4) is 0 Å². The summed E-state index contributed by atoms with van der Waals surface area (Å²) in [5.74, 6) is 0. The molecule has 0 radical (unpaired) electrons. The van der Waals surface area contributed by atoms with Crippen molar-refractivity contribution >= 4 is 32.9 Å². The fourth-order valence-corrected chi connectivity index (χ4v) is 0. The van der Waals surface area contributed by atoms with Crippen molar-refractivity contribution in [1.82, 2.24) is 0 Å². The van der Waals surface area contributed by atoms with Gasteiger partial charge >= 0.3 is 10.4 Å². The summed E-state index contributed by atoms with van der Waals surface area (Å²) in [6, 6.07) is 0. The van der Waals surface area contributed by atoms with Gasteiger partial charge in [-0.05, 0) is 0 Å². The van der Waals surface area contributed by atoms with E-state index in [1.54, 1.807) is 0 Å². The van der Waals surface area contributed by atoms with Crippen LogP contribution in [0.1, 0.15) is 0 Å². The Bertz CT molecular complexity index is 213. The summed E-state index contributed by atoms with van der Waals surface area (Å²) >= 11 is 0. The maximum atomic E-state index is 9.19. The van der Waals surface area contributed by atoms with Crippen LogP contribution in [0.15, 0.2) is 0 Å². The monoisotopic (exact) mass is 230 g/mol. The Kier molecular flexibility index (Phi) is 8.91. The quantitative estimate of drug-likeness (QED) is 0.468. The molecule has 0 bridgehead atoms. The Morgan fingerprint density at radius 1 is 0.909 bits per heavy atom. The molecule has 7 nitrogen and oxygen atoms in total. The van der Waals surface area contributed by atoms with Gasteiger partial charge in [-0.2, -0.15) is 16.8 Å². The van der Waals surface area contributed by atoms with Gasteiger partial charge in [0.15, 0.2) is 0 Å². The van der Waals surface area contributed by atoms with Crippen LogP contribution < -0.4 is 0 Å². The van der Waals surface area contributed by atoms with Crippen LogP contribution in [0.4, 0.5) is 0 Å². The molecule has 11 heavy (non-hydrogen) atoms. The molecule has 0 heterocycles. The lowest BCUT2D eigenvalue weighted by Crippen LogP contribution is -1.89. The molecule has 0 aromatic rings. The highest BCUT2D eigenvalue weighted by atomic mass is 35.5. The zero-order valence-corrected chi connectivity index (χ0v) is 7.65. The van der Waals surface area contributed by atoms with E-state index in [0.717, 1.165) is 0 Å². The van der Waals surface area contributed by atoms with E-state index >= 15 is 0 Å². The van der Waals surface area contributed by atoms with Gasteiger partial charge in [0.2, 0.25) is 0 Å². The first kappa shape index (κ1) is 17.2. The van der Waals surface area contributed by atoms with E-state index in [9.17, 15) is 8.42 Å². The second-order valence-corrected chi connectivity index (χ2v) is 3.54. The molecule has 0 unspecified atom stereocenters. The summed E-state index contributed by atoms with van der Waals surface area (Å²) in [5.41, 5.74) is 0. The van der Waals surface area contributed by atoms with E-state index in [1.807, 2.05) is 0 Å². The molecular formula is CH7ClO7S2. The molecule has 0 spiro atoms. The van der Waals surface area contributed by atoms with Gasteiger partial charge in [0, 0.05) is 0 Å².